The van der Waals surface area contributed by atoms with Crippen molar-refractivity contribution >= 4 is 5.97 Å². The van der Waals surface area contributed by atoms with E-state index in [1.165, 1.54) is 0 Å². The molecule has 0 heterocycles. The van der Waals surface area contributed by atoms with Crippen molar-refractivity contribution in [2.24, 2.45) is 5.73 Å². The van der Waals surface area contributed by atoms with E-state index < -0.39 is 17.4 Å². The Hall–Kier alpha value is -2.57. The minimum atomic E-state index is -1.22. The molecule has 23 heavy (non-hydrogen) atoms. The van der Waals surface area contributed by atoms with Gasteiger partial charge >= 0.3 is 5.97 Å². The molecule has 2 aromatic carbocycles. The fourth-order valence-corrected chi connectivity index (χ4v) is 2.37. The molecule has 0 amide bonds. The van der Waals surface area contributed by atoms with Gasteiger partial charge in [-0.3, -0.25) is 0 Å². The number of nitrogens with two attached hydrogens (primary N) is 1. The van der Waals surface area contributed by atoms with E-state index in [2.05, 4.69) is 11.8 Å². The van der Waals surface area contributed by atoms with E-state index in [0.717, 1.165) is 11.1 Å². The first-order valence-corrected chi connectivity index (χ1v) is 7.53. The lowest BCUT2D eigenvalue weighted by Crippen LogP contribution is -2.50. The monoisotopic (exact) mass is 307 g/mol. The zero-order valence-corrected chi connectivity index (χ0v) is 13.5. The van der Waals surface area contributed by atoms with Gasteiger partial charge in [-0.25, -0.2) is 4.79 Å². The van der Waals surface area contributed by atoms with Gasteiger partial charge in [0, 0.05) is 0 Å². The van der Waals surface area contributed by atoms with Crippen LogP contribution in [0.15, 0.2) is 60.7 Å². The second-order valence-electron chi connectivity index (χ2n) is 5.58. The smallest absolute Gasteiger partial charge is 0.327 e. The third-order valence-corrected chi connectivity index (χ3v) is 3.67. The zero-order valence-electron chi connectivity index (χ0n) is 13.5. The average Bonchev–Trinajstić information content (AvgIpc) is 2.59. The van der Waals surface area contributed by atoms with Gasteiger partial charge in [-0.1, -0.05) is 66.6 Å². The minimum absolute atomic E-state index is 0.202. The Balaban J connectivity index is 2.16. The molecule has 0 saturated carbocycles. The number of carbonyl (C=O) groups excluding carboxylic acids is 1. The van der Waals surface area contributed by atoms with E-state index in [9.17, 15) is 4.79 Å². The number of benzene rings is 2. The third kappa shape index (κ3) is 4.21. The highest BCUT2D eigenvalue weighted by Crippen LogP contribution is 2.27. The maximum absolute atomic E-state index is 12.5. The number of esters is 1. The molecule has 0 unspecified atom stereocenters. The van der Waals surface area contributed by atoms with Crippen LogP contribution in [0.25, 0.3) is 0 Å². The van der Waals surface area contributed by atoms with Gasteiger partial charge in [0.25, 0.3) is 0 Å². The number of hydrogen-bond acceptors (Lipinski definition) is 3. The Morgan fingerprint density at radius 2 is 1.70 bits per heavy atom. The van der Waals surface area contributed by atoms with Crippen molar-refractivity contribution in [1.82, 2.24) is 0 Å². The molecular weight excluding hydrogens is 286 g/mol. The number of carbonyl (C=O) groups is 1. The Morgan fingerprint density at radius 3 is 2.26 bits per heavy atom. The van der Waals surface area contributed by atoms with Crippen LogP contribution in [-0.2, 0) is 16.1 Å². The van der Waals surface area contributed by atoms with Gasteiger partial charge in [-0.2, -0.15) is 0 Å². The summed E-state index contributed by atoms with van der Waals surface area (Å²) >= 11 is 0. The molecule has 2 atom stereocenters. The fraction of sp³-hybridized carbons (Fsp3) is 0.250. The van der Waals surface area contributed by atoms with Crippen LogP contribution in [0.1, 0.15) is 30.9 Å². The molecule has 0 aromatic heterocycles. The van der Waals surface area contributed by atoms with Crippen molar-refractivity contribution in [3.8, 4) is 11.8 Å². The van der Waals surface area contributed by atoms with E-state index in [-0.39, 0.29) is 6.61 Å². The highest BCUT2D eigenvalue weighted by Gasteiger charge is 2.39. The van der Waals surface area contributed by atoms with Gasteiger partial charge in [-0.15, -0.1) is 5.92 Å². The molecule has 0 fully saturated rings. The summed E-state index contributed by atoms with van der Waals surface area (Å²) in [7, 11) is 0. The number of ether oxygens (including phenoxy) is 1. The topological polar surface area (TPSA) is 52.3 Å². The van der Waals surface area contributed by atoms with Gasteiger partial charge in [0.05, 0.1) is 5.92 Å². The Bertz CT molecular complexity index is 697. The molecule has 2 aromatic rings. The Kier molecular flexibility index (Phi) is 5.56. The standard InChI is InChI=1S/C20H21NO2/c1-3-10-18(17-13-8-5-9-14-17)20(2,21)19(22)23-15-16-11-6-4-7-12-16/h4-9,11-14,18H,15,21H2,1-2H3/t18-,20-/m0/s1. The average molecular weight is 307 g/mol. The van der Waals surface area contributed by atoms with Crippen LogP contribution in [0.4, 0.5) is 0 Å². The van der Waals surface area contributed by atoms with Crippen molar-refractivity contribution < 1.29 is 9.53 Å². The highest BCUT2D eigenvalue weighted by molar-refractivity contribution is 5.82. The predicted molar refractivity (Wildman–Crippen MR) is 91.5 cm³/mol. The zero-order chi connectivity index (χ0) is 16.7. The predicted octanol–water partition coefficient (Wildman–Crippen LogP) is 3.25. The maximum atomic E-state index is 12.5. The van der Waals surface area contributed by atoms with Gasteiger partial charge in [-0.05, 0) is 25.0 Å². The van der Waals surface area contributed by atoms with Gasteiger partial charge < -0.3 is 10.5 Å². The first kappa shape index (κ1) is 16.8. The molecular formula is C20H21NO2. The molecule has 118 valence electrons. The van der Waals surface area contributed by atoms with Gasteiger partial charge in [0.15, 0.2) is 0 Å². The quantitative estimate of drug-likeness (QED) is 0.681. The first-order chi connectivity index (χ1) is 11.1. The summed E-state index contributed by atoms with van der Waals surface area (Å²) in [5.41, 5.74) is 6.92. The SMILES string of the molecule is CC#C[C@@H](c1ccccc1)[C@](C)(N)C(=O)OCc1ccccc1. The lowest BCUT2D eigenvalue weighted by Gasteiger charge is -2.29. The number of hydrogen-bond donors (Lipinski definition) is 1. The van der Waals surface area contributed by atoms with Crippen LogP contribution >= 0.6 is 0 Å². The van der Waals surface area contributed by atoms with Gasteiger partial charge in [0.1, 0.15) is 12.1 Å². The lowest BCUT2D eigenvalue weighted by molar-refractivity contribution is -0.151. The molecule has 0 radical (unpaired) electrons. The largest absolute Gasteiger partial charge is 0.459 e. The molecule has 0 bridgehead atoms. The van der Waals surface area contributed by atoms with Crippen molar-refractivity contribution in [3.63, 3.8) is 0 Å². The van der Waals surface area contributed by atoms with Crippen LogP contribution in [0, 0.1) is 11.8 Å². The van der Waals surface area contributed by atoms with Crippen LogP contribution < -0.4 is 5.73 Å². The second-order valence-corrected chi connectivity index (χ2v) is 5.58. The summed E-state index contributed by atoms with van der Waals surface area (Å²) < 4.78 is 5.41. The van der Waals surface area contributed by atoms with E-state index in [4.69, 9.17) is 10.5 Å². The van der Waals surface area contributed by atoms with E-state index in [1.807, 2.05) is 60.7 Å². The molecule has 3 nitrogen and oxygen atoms in total. The number of rotatable bonds is 5. The molecule has 0 aliphatic heterocycles. The van der Waals surface area contributed by atoms with Gasteiger partial charge in [0.2, 0.25) is 0 Å². The molecule has 0 spiro atoms. The second kappa shape index (κ2) is 7.62. The first-order valence-electron chi connectivity index (χ1n) is 7.53. The Morgan fingerprint density at radius 1 is 1.13 bits per heavy atom. The summed E-state index contributed by atoms with van der Waals surface area (Å²) in [6.07, 6.45) is 0. The van der Waals surface area contributed by atoms with Crippen molar-refractivity contribution in [1.29, 1.82) is 0 Å². The Labute approximate surface area is 137 Å². The summed E-state index contributed by atoms with van der Waals surface area (Å²) in [5.74, 6) is 5.03. The summed E-state index contributed by atoms with van der Waals surface area (Å²) in [6.45, 7) is 3.61. The highest BCUT2D eigenvalue weighted by atomic mass is 16.5. The summed E-state index contributed by atoms with van der Waals surface area (Å²) in [4.78, 5) is 12.5. The van der Waals surface area contributed by atoms with Crippen molar-refractivity contribution in [2.75, 3.05) is 0 Å². The molecule has 2 rings (SSSR count). The third-order valence-electron chi connectivity index (χ3n) is 3.67. The maximum Gasteiger partial charge on any atom is 0.327 e. The van der Waals surface area contributed by atoms with Crippen LogP contribution in [0.2, 0.25) is 0 Å². The summed E-state index contributed by atoms with van der Waals surface area (Å²) in [6, 6.07) is 19.1. The molecule has 3 heteroatoms. The minimum Gasteiger partial charge on any atom is -0.459 e. The lowest BCUT2D eigenvalue weighted by atomic mass is 9.81. The molecule has 0 aliphatic carbocycles. The van der Waals surface area contributed by atoms with E-state index >= 15 is 0 Å². The van der Waals surface area contributed by atoms with Crippen molar-refractivity contribution in [2.45, 2.75) is 31.9 Å². The fourth-order valence-electron chi connectivity index (χ4n) is 2.37. The van der Waals surface area contributed by atoms with E-state index in [1.54, 1.807) is 13.8 Å². The normalized spacial score (nSPS) is 14.0. The van der Waals surface area contributed by atoms with E-state index in [0.29, 0.717) is 0 Å². The molecule has 0 saturated heterocycles. The van der Waals surface area contributed by atoms with Crippen LogP contribution in [0.5, 0.6) is 0 Å². The van der Waals surface area contributed by atoms with Crippen LogP contribution in [0.3, 0.4) is 0 Å². The molecule has 2 N–H and O–H groups in total. The van der Waals surface area contributed by atoms with Crippen molar-refractivity contribution in [3.05, 3.63) is 71.8 Å². The summed E-state index contributed by atoms with van der Waals surface area (Å²) in [5, 5.41) is 0. The molecule has 0 aliphatic rings. The van der Waals surface area contributed by atoms with Crippen LogP contribution in [-0.4, -0.2) is 11.5 Å².